The first kappa shape index (κ1) is 29.9. The Morgan fingerprint density at radius 3 is 1.92 bits per heavy atom. The van der Waals surface area contributed by atoms with Crippen molar-refractivity contribution in [1.82, 2.24) is 0 Å². The number of ether oxygens (including phenoxy) is 5. The number of hydrogen-bond donors (Lipinski definition) is 1. The number of carbonyl (C=O) groups excluding carboxylic acids is 3. The first-order valence-corrected chi connectivity index (χ1v) is 12.0. The fourth-order valence-corrected chi connectivity index (χ4v) is 2.80. The highest BCUT2D eigenvalue weighted by Gasteiger charge is 2.07. The molecule has 0 atom stereocenters. The Morgan fingerprint density at radius 1 is 0.737 bits per heavy atom. The molecule has 0 heterocycles. The van der Waals surface area contributed by atoms with Gasteiger partial charge in [-0.25, -0.2) is 14.4 Å². The number of rotatable bonds is 17. The molecule has 0 aliphatic heterocycles. The van der Waals surface area contributed by atoms with Crippen LogP contribution in [-0.2, 0) is 23.9 Å². The first-order valence-electron chi connectivity index (χ1n) is 12.0. The van der Waals surface area contributed by atoms with E-state index in [1.165, 1.54) is 6.08 Å². The minimum Gasteiger partial charge on any atom is -0.494 e. The van der Waals surface area contributed by atoms with E-state index in [0.29, 0.717) is 49.9 Å². The van der Waals surface area contributed by atoms with Crippen molar-refractivity contribution in [2.45, 2.75) is 19.3 Å². The molecule has 0 fully saturated rings. The minimum absolute atomic E-state index is 0.00347. The van der Waals surface area contributed by atoms with Gasteiger partial charge in [0.1, 0.15) is 17.2 Å². The van der Waals surface area contributed by atoms with Gasteiger partial charge < -0.3 is 28.8 Å². The Hall–Kier alpha value is -4.37. The van der Waals surface area contributed by atoms with Crippen molar-refractivity contribution >= 4 is 24.0 Å². The van der Waals surface area contributed by atoms with Crippen molar-refractivity contribution in [1.29, 1.82) is 0 Å². The zero-order chi connectivity index (χ0) is 27.6. The summed E-state index contributed by atoms with van der Waals surface area (Å²) in [6.07, 6.45) is 6.01. The van der Waals surface area contributed by atoms with E-state index >= 15 is 0 Å². The Balaban J connectivity index is 1.65. The van der Waals surface area contributed by atoms with Crippen molar-refractivity contribution < 1.29 is 43.2 Å². The van der Waals surface area contributed by atoms with Crippen LogP contribution in [0, 0.1) is 0 Å². The minimum atomic E-state index is -0.632. The van der Waals surface area contributed by atoms with E-state index in [9.17, 15) is 14.4 Å². The molecule has 0 radical (unpaired) electrons. The lowest BCUT2D eigenvalue weighted by molar-refractivity contribution is -0.140. The second kappa shape index (κ2) is 17.1. The largest absolute Gasteiger partial charge is 0.494 e. The van der Waals surface area contributed by atoms with Gasteiger partial charge >= 0.3 is 17.9 Å². The number of unbranched alkanes of at least 4 members (excludes halogenated alkanes) is 1. The monoisotopic (exact) mass is 524 g/mol. The van der Waals surface area contributed by atoms with E-state index in [1.807, 2.05) is 12.1 Å². The van der Waals surface area contributed by atoms with Crippen molar-refractivity contribution in [3.05, 3.63) is 85.0 Å². The predicted octanol–water partition coefficient (Wildman–Crippen LogP) is 4.05. The summed E-state index contributed by atoms with van der Waals surface area (Å²) >= 11 is 0. The molecule has 2 aromatic rings. The maximum atomic E-state index is 12.1. The molecule has 2 rings (SSSR count). The molecule has 9 nitrogen and oxygen atoms in total. The molecule has 1 N–H and O–H groups in total. The molecule has 0 saturated carbocycles. The average molecular weight is 525 g/mol. The lowest BCUT2D eigenvalue weighted by Crippen LogP contribution is -2.12. The Bertz CT molecular complexity index is 1090. The third kappa shape index (κ3) is 12.0. The molecule has 2 aromatic carbocycles. The van der Waals surface area contributed by atoms with E-state index in [0.717, 1.165) is 18.1 Å². The van der Waals surface area contributed by atoms with Crippen LogP contribution in [0.25, 0.3) is 6.08 Å². The van der Waals surface area contributed by atoms with E-state index < -0.39 is 24.5 Å². The summed E-state index contributed by atoms with van der Waals surface area (Å²) in [5.74, 6) is 0.0509. The highest BCUT2D eigenvalue weighted by molar-refractivity contribution is 5.89. The van der Waals surface area contributed by atoms with Crippen LogP contribution >= 0.6 is 0 Å². The van der Waals surface area contributed by atoms with E-state index in [4.69, 9.17) is 28.8 Å². The summed E-state index contributed by atoms with van der Waals surface area (Å²) in [5, 5.41) is 8.81. The van der Waals surface area contributed by atoms with Crippen LogP contribution in [0.1, 0.15) is 24.8 Å². The molecule has 0 bridgehead atoms. The fraction of sp³-hybridized carbons (Fsp3) is 0.276. The third-order valence-electron chi connectivity index (χ3n) is 4.82. The Morgan fingerprint density at radius 2 is 1.29 bits per heavy atom. The van der Waals surface area contributed by atoms with Gasteiger partial charge in [-0.3, -0.25) is 0 Å². The topological polar surface area (TPSA) is 118 Å². The number of benzene rings is 2. The van der Waals surface area contributed by atoms with Gasteiger partial charge in [-0.05, 0) is 60.9 Å². The molecular weight excluding hydrogens is 492 g/mol. The highest BCUT2D eigenvalue weighted by atomic mass is 16.5. The Labute approximate surface area is 221 Å². The summed E-state index contributed by atoms with van der Waals surface area (Å²) in [5.41, 5.74) is 0.810. The van der Waals surface area contributed by atoms with Crippen molar-refractivity contribution in [3.63, 3.8) is 0 Å². The normalized spacial score (nSPS) is 10.4. The molecular formula is C29H32O9. The van der Waals surface area contributed by atoms with E-state index in [2.05, 4.69) is 13.2 Å². The van der Waals surface area contributed by atoms with Gasteiger partial charge in [0.2, 0.25) is 0 Å². The SMILES string of the molecule is C=CC(=O)OCCCCOc1ccc(/C=C/C(=O)Oc2ccc(OCCCOC(=O)C(=C)CO)cc2)cc1. The number of hydrogen-bond acceptors (Lipinski definition) is 9. The standard InChI is InChI=1S/C29H32O9/c1-3-27(31)36-18-5-4-17-34-24-10-7-23(8-11-24)9-16-28(32)38-26-14-12-25(13-15-26)35-19-6-20-37-29(33)22(2)21-30/h3,7-16,30H,1-2,4-6,17-21H2/b16-9+. The van der Waals surface area contributed by atoms with E-state index in [-0.39, 0.29) is 12.2 Å². The molecule has 38 heavy (non-hydrogen) atoms. The zero-order valence-corrected chi connectivity index (χ0v) is 21.1. The van der Waals surface area contributed by atoms with Crippen LogP contribution in [-0.4, -0.2) is 56.0 Å². The van der Waals surface area contributed by atoms with Gasteiger partial charge in [-0.2, -0.15) is 0 Å². The second-order valence-electron chi connectivity index (χ2n) is 7.82. The van der Waals surface area contributed by atoms with Crippen molar-refractivity contribution in [2.75, 3.05) is 33.0 Å². The van der Waals surface area contributed by atoms with Gasteiger partial charge in [0, 0.05) is 18.6 Å². The molecule has 0 unspecified atom stereocenters. The number of aliphatic hydroxyl groups is 1. The second-order valence-corrected chi connectivity index (χ2v) is 7.82. The molecule has 202 valence electrons. The molecule has 0 aliphatic rings. The van der Waals surface area contributed by atoms with Crippen LogP contribution in [0.5, 0.6) is 17.2 Å². The van der Waals surface area contributed by atoms with Crippen LogP contribution < -0.4 is 14.2 Å². The van der Waals surface area contributed by atoms with Crippen LogP contribution in [0.4, 0.5) is 0 Å². The maximum absolute atomic E-state index is 12.1. The molecule has 9 heteroatoms. The zero-order valence-electron chi connectivity index (χ0n) is 21.1. The Kier molecular flexibility index (Phi) is 13.5. The van der Waals surface area contributed by atoms with Crippen LogP contribution in [0.15, 0.2) is 79.4 Å². The predicted molar refractivity (Wildman–Crippen MR) is 141 cm³/mol. The quantitative estimate of drug-likeness (QED) is 0.141. The average Bonchev–Trinajstić information content (AvgIpc) is 2.94. The molecule has 0 aromatic heterocycles. The summed E-state index contributed by atoms with van der Waals surface area (Å²) < 4.78 is 26.3. The van der Waals surface area contributed by atoms with Gasteiger partial charge in [0.05, 0.1) is 38.6 Å². The summed E-state index contributed by atoms with van der Waals surface area (Å²) in [4.78, 5) is 34.5. The number of aliphatic hydroxyl groups excluding tert-OH is 1. The lowest BCUT2D eigenvalue weighted by Gasteiger charge is -2.08. The van der Waals surface area contributed by atoms with Crippen molar-refractivity contribution in [2.24, 2.45) is 0 Å². The lowest BCUT2D eigenvalue weighted by atomic mass is 10.2. The molecule has 0 aliphatic carbocycles. The van der Waals surface area contributed by atoms with Crippen LogP contribution in [0.2, 0.25) is 0 Å². The summed E-state index contributed by atoms with van der Waals surface area (Å²) in [6, 6.07) is 13.8. The molecule has 0 amide bonds. The molecule has 0 saturated heterocycles. The first-order chi connectivity index (χ1) is 18.4. The van der Waals surface area contributed by atoms with Gasteiger partial charge in [-0.1, -0.05) is 25.3 Å². The fourth-order valence-electron chi connectivity index (χ4n) is 2.80. The molecule has 0 spiro atoms. The van der Waals surface area contributed by atoms with Gasteiger partial charge in [0.25, 0.3) is 0 Å². The summed E-state index contributed by atoms with van der Waals surface area (Å²) in [7, 11) is 0. The smallest absolute Gasteiger partial charge is 0.336 e. The van der Waals surface area contributed by atoms with Crippen molar-refractivity contribution in [3.8, 4) is 17.2 Å². The number of carbonyl (C=O) groups is 3. The van der Waals surface area contributed by atoms with E-state index in [1.54, 1.807) is 42.5 Å². The van der Waals surface area contributed by atoms with Gasteiger partial charge in [-0.15, -0.1) is 0 Å². The van der Waals surface area contributed by atoms with Crippen LogP contribution in [0.3, 0.4) is 0 Å². The summed E-state index contributed by atoms with van der Waals surface area (Å²) in [6.45, 7) is 7.57. The third-order valence-corrected chi connectivity index (χ3v) is 4.82. The highest BCUT2D eigenvalue weighted by Crippen LogP contribution is 2.18. The maximum Gasteiger partial charge on any atom is 0.336 e. The van der Waals surface area contributed by atoms with Gasteiger partial charge in [0.15, 0.2) is 0 Å². The number of esters is 3.